The van der Waals surface area contributed by atoms with Gasteiger partial charge in [0, 0.05) is 6.54 Å². The zero-order valence-electron chi connectivity index (χ0n) is 5.32. The summed E-state index contributed by atoms with van der Waals surface area (Å²) in [5.41, 5.74) is 0. The third kappa shape index (κ3) is 6.04. The molecule has 4 heteroatoms. The summed E-state index contributed by atoms with van der Waals surface area (Å²) in [5.74, 6) is -0.147. The van der Waals surface area contributed by atoms with E-state index in [1.54, 1.807) is 0 Å². The van der Waals surface area contributed by atoms with Crippen LogP contribution in [0, 0.1) is 0 Å². The van der Waals surface area contributed by atoms with Gasteiger partial charge in [-0.1, -0.05) is 22.6 Å². The van der Waals surface area contributed by atoms with E-state index in [4.69, 9.17) is 4.74 Å². The van der Waals surface area contributed by atoms with Crippen LogP contribution < -0.4 is 5.32 Å². The highest BCUT2D eigenvalue weighted by atomic mass is 127. The van der Waals surface area contributed by atoms with Gasteiger partial charge in [0.15, 0.2) is 0 Å². The van der Waals surface area contributed by atoms with Crippen molar-refractivity contribution in [3.8, 4) is 0 Å². The lowest BCUT2D eigenvalue weighted by atomic mass is 10.7. The molecule has 0 aliphatic heterocycles. The van der Waals surface area contributed by atoms with Gasteiger partial charge >= 0.3 is 5.97 Å². The molecule has 1 N–H and O–H groups in total. The van der Waals surface area contributed by atoms with Crippen LogP contribution in [0.15, 0.2) is 0 Å². The fraction of sp³-hybridized carbons (Fsp3) is 0.800. The van der Waals surface area contributed by atoms with Gasteiger partial charge in [0.2, 0.25) is 0 Å². The lowest BCUT2D eigenvalue weighted by Crippen LogP contribution is -2.17. The molecule has 0 aromatic carbocycles. The molecule has 0 fully saturated rings. The Labute approximate surface area is 68.3 Å². The van der Waals surface area contributed by atoms with Gasteiger partial charge in [0.25, 0.3) is 0 Å². The summed E-state index contributed by atoms with van der Waals surface area (Å²) in [7, 11) is 1.82. The van der Waals surface area contributed by atoms with Crippen LogP contribution in [0.3, 0.4) is 0 Å². The Kier molecular flexibility index (Phi) is 6.39. The lowest BCUT2D eigenvalue weighted by molar-refractivity contribution is -0.139. The van der Waals surface area contributed by atoms with E-state index < -0.39 is 0 Å². The van der Waals surface area contributed by atoms with Crippen LogP contribution in [-0.4, -0.2) is 30.6 Å². The van der Waals surface area contributed by atoms with Gasteiger partial charge < -0.3 is 10.1 Å². The van der Waals surface area contributed by atoms with E-state index in [1.165, 1.54) is 0 Å². The monoisotopic (exact) mass is 243 g/mol. The molecule has 0 bridgehead atoms. The number of carbonyl (C=O) groups is 1. The van der Waals surface area contributed by atoms with Gasteiger partial charge in [-0.05, 0) is 7.05 Å². The highest BCUT2D eigenvalue weighted by Gasteiger charge is 1.95. The Morgan fingerprint density at radius 3 is 2.89 bits per heavy atom. The number of hydrogen-bond acceptors (Lipinski definition) is 3. The summed E-state index contributed by atoms with van der Waals surface area (Å²) in [6.45, 7) is 1.20. The molecule has 0 radical (unpaired) electrons. The minimum Gasteiger partial charge on any atom is -0.464 e. The third-order valence-electron chi connectivity index (χ3n) is 0.724. The summed E-state index contributed by atoms with van der Waals surface area (Å²) in [5, 5.41) is 2.87. The van der Waals surface area contributed by atoms with E-state index in [0.29, 0.717) is 11.0 Å². The Hall–Kier alpha value is 0.160. The van der Waals surface area contributed by atoms with E-state index in [-0.39, 0.29) is 5.97 Å². The molecule has 0 aliphatic rings. The molecule has 0 unspecified atom stereocenters. The Bertz CT molecular complexity index is 87.0. The summed E-state index contributed by atoms with van der Waals surface area (Å²) < 4.78 is 5.15. The molecule has 0 aromatic heterocycles. The van der Waals surface area contributed by atoms with Crippen molar-refractivity contribution in [2.75, 3.05) is 24.6 Å². The second-order valence-corrected chi connectivity index (χ2v) is 2.22. The Morgan fingerprint density at radius 2 is 2.44 bits per heavy atom. The van der Waals surface area contributed by atoms with Crippen LogP contribution >= 0.6 is 22.6 Å². The van der Waals surface area contributed by atoms with Crippen LogP contribution in [-0.2, 0) is 9.53 Å². The summed E-state index contributed by atoms with van der Waals surface area (Å²) in [4.78, 5) is 10.4. The molecule has 0 aromatic rings. The molecular weight excluding hydrogens is 233 g/mol. The maximum Gasteiger partial charge on any atom is 0.315 e. The number of likely N-dealkylation sites (N-methyl/N-ethyl adjacent to an activating group) is 1. The van der Waals surface area contributed by atoms with Crippen molar-refractivity contribution in [1.29, 1.82) is 0 Å². The first kappa shape index (κ1) is 9.16. The topological polar surface area (TPSA) is 38.3 Å². The number of halogens is 1. The normalized spacial score (nSPS) is 9.11. The minimum atomic E-state index is -0.147. The van der Waals surface area contributed by atoms with Crippen LogP contribution in [0.25, 0.3) is 0 Å². The van der Waals surface area contributed by atoms with Crippen molar-refractivity contribution < 1.29 is 9.53 Å². The van der Waals surface area contributed by atoms with Crippen molar-refractivity contribution in [3.63, 3.8) is 0 Å². The second-order valence-electron chi connectivity index (χ2n) is 1.46. The smallest absolute Gasteiger partial charge is 0.315 e. The molecule has 0 atom stereocenters. The molecular formula is C5H10INO2. The predicted molar refractivity (Wildman–Crippen MR) is 43.8 cm³/mol. The van der Waals surface area contributed by atoms with Gasteiger partial charge in [-0.25, -0.2) is 0 Å². The number of carbonyl (C=O) groups excluding carboxylic acids is 1. The van der Waals surface area contributed by atoms with Gasteiger partial charge in [-0.3, -0.25) is 4.79 Å². The maximum absolute atomic E-state index is 10.4. The largest absolute Gasteiger partial charge is 0.464 e. The molecule has 0 aliphatic carbocycles. The molecule has 0 saturated heterocycles. The number of ether oxygens (including phenoxy) is 1. The van der Waals surface area contributed by atoms with E-state index >= 15 is 0 Å². The third-order valence-corrected chi connectivity index (χ3v) is 1.35. The molecule has 9 heavy (non-hydrogen) atoms. The molecule has 0 saturated carbocycles. The number of alkyl halides is 1. The van der Waals surface area contributed by atoms with Crippen LogP contribution in [0.5, 0.6) is 0 Å². The standard InChI is InChI=1S/C5H10INO2/c1-7-2-3-9-5(8)4-6/h7H,2-4H2,1H3. The number of rotatable bonds is 4. The maximum atomic E-state index is 10.4. The first-order chi connectivity index (χ1) is 4.31. The Morgan fingerprint density at radius 1 is 1.78 bits per heavy atom. The molecule has 0 spiro atoms. The minimum absolute atomic E-state index is 0.147. The van der Waals surface area contributed by atoms with Gasteiger partial charge in [0.1, 0.15) is 6.61 Å². The van der Waals surface area contributed by atoms with Crippen molar-refractivity contribution in [3.05, 3.63) is 0 Å². The van der Waals surface area contributed by atoms with Crippen molar-refractivity contribution in [2.24, 2.45) is 0 Å². The summed E-state index contributed by atoms with van der Waals surface area (Å²) in [6, 6.07) is 0. The number of nitrogens with one attached hydrogen (secondary N) is 1. The van der Waals surface area contributed by atoms with Gasteiger partial charge in [-0.15, -0.1) is 0 Å². The number of esters is 1. The highest BCUT2D eigenvalue weighted by molar-refractivity contribution is 14.1. The molecule has 0 amide bonds. The van der Waals surface area contributed by atoms with E-state index in [1.807, 2.05) is 29.6 Å². The average Bonchev–Trinajstić information content (AvgIpc) is 1.89. The average molecular weight is 243 g/mol. The van der Waals surface area contributed by atoms with Crippen LogP contribution in [0.1, 0.15) is 0 Å². The van der Waals surface area contributed by atoms with Crippen LogP contribution in [0.4, 0.5) is 0 Å². The molecule has 0 heterocycles. The lowest BCUT2D eigenvalue weighted by Gasteiger charge is -1.99. The second kappa shape index (κ2) is 6.28. The van der Waals surface area contributed by atoms with Crippen molar-refractivity contribution >= 4 is 28.6 Å². The SMILES string of the molecule is CNCCOC(=O)CI. The predicted octanol–water partition coefficient (Wildman–Crippen LogP) is 0.184. The first-order valence-corrected chi connectivity index (χ1v) is 4.20. The number of hydrogen-bond donors (Lipinski definition) is 1. The fourth-order valence-electron chi connectivity index (χ4n) is 0.306. The van der Waals surface area contributed by atoms with Crippen molar-refractivity contribution in [2.45, 2.75) is 0 Å². The van der Waals surface area contributed by atoms with E-state index in [2.05, 4.69) is 5.32 Å². The zero-order valence-corrected chi connectivity index (χ0v) is 7.47. The van der Waals surface area contributed by atoms with E-state index in [9.17, 15) is 4.79 Å². The van der Waals surface area contributed by atoms with Crippen molar-refractivity contribution in [1.82, 2.24) is 5.32 Å². The Balaban J connectivity index is 2.97. The van der Waals surface area contributed by atoms with Crippen LogP contribution in [0.2, 0.25) is 0 Å². The van der Waals surface area contributed by atoms with E-state index in [0.717, 1.165) is 6.54 Å². The summed E-state index contributed by atoms with van der Waals surface area (Å²) in [6.07, 6.45) is 0. The first-order valence-electron chi connectivity index (χ1n) is 2.67. The molecule has 54 valence electrons. The van der Waals surface area contributed by atoms with Gasteiger partial charge in [0.05, 0.1) is 4.43 Å². The van der Waals surface area contributed by atoms with Gasteiger partial charge in [-0.2, -0.15) is 0 Å². The fourth-order valence-corrected chi connectivity index (χ4v) is 0.526. The highest BCUT2D eigenvalue weighted by Crippen LogP contribution is 1.84. The molecule has 0 rings (SSSR count). The quantitative estimate of drug-likeness (QED) is 0.331. The zero-order chi connectivity index (χ0) is 7.11. The molecule has 3 nitrogen and oxygen atoms in total. The summed E-state index contributed by atoms with van der Waals surface area (Å²) >= 11 is 1.97.